The van der Waals surface area contributed by atoms with Crippen molar-refractivity contribution in [3.05, 3.63) is 29.3 Å². The standard InChI is InChI=1S/C16H17F2N3O3S/c1-14(17,18)10-3-4-12(21-25(2,23)24)11(5-10)13(22)20-16-6-15(7-16,8-16)9-19/h3-5,21H,6-8H2,1-2H3,(H,20,22). The van der Waals surface area contributed by atoms with E-state index in [2.05, 4.69) is 16.1 Å². The average molecular weight is 369 g/mol. The van der Waals surface area contributed by atoms with Crippen molar-refractivity contribution in [3.63, 3.8) is 0 Å². The fraction of sp³-hybridized carbons (Fsp3) is 0.500. The number of benzene rings is 1. The molecule has 0 radical (unpaired) electrons. The number of nitrogens with one attached hydrogen (secondary N) is 2. The Labute approximate surface area is 144 Å². The van der Waals surface area contributed by atoms with E-state index in [-0.39, 0.29) is 22.2 Å². The molecular formula is C16H17F2N3O3S. The van der Waals surface area contributed by atoms with Crippen LogP contribution in [0, 0.1) is 16.7 Å². The molecule has 134 valence electrons. The molecule has 1 amide bonds. The molecule has 4 rings (SSSR count). The van der Waals surface area contributed by atoms with E-state index in [9.17, 15) is 22.0 Å². The number of hydrogen-bond acceptors (Lipinski definition) is 4. The minimum Gasteiger partial charge on any atom is -0.346 e. The van der Waals surface area contributed by atoms with E-state index in [0.717, 1.165) is 24.5 Å². The molecule has 0 aliphatic heterocycles. The Morgan fingerprint density at radius 1 is 1.32 bits per heavy atom. The molecule has 0 heterocycles. The van der Waals surface area contributed by atoms with Gasteiger partial charge in [0.15, 0.2) is 0 Å². The normalized spacial score (nSPS) is 27.5. The predicted molar refractivity (Wildman–Crippen MR) is 86.6 cm³/mol. The molecule has 2 bridgehead atoms. The molecule has 0 aromatic heterocycles. The highest BCUT2D eigenvalue weighted by Crippen LogP contribution is 2.66. The summed E-state index contributed by atoms with van der Waals surface area (Å²) in [5, 5.41) is 11.8. The third-order valence-electron chi connectivity index (χ3n) is 4.71. The van der Waals surface area contributed by atoms with Gasteiger partial charge in [-0.05, 0) is 31.4 Å². The molecule has 0 unspecified atom stereocenters. The number of rotatable bonds is 5. The van der Waals surface area contributed by atoms with Crippen molar-refractivity contribution >= 4 is 21.6 Å². The van der Waals surface area contributed by atoms with Crippen molar-refractivity contribution in [1.29, 1.82) is 5.26 Å². The Balaban J connectivity index is 1.89. The second-order valence-electron chi connectivity index (χ2n) is 7.18. The summed E-state index contributed by atoms with van der Waals surface area (Å²) < 4.78 is 52.3. The van der Waals surface area contributed by atoms with Crippen LogP contribution in [0.25, 0.3) is 0 Å². The second-order valence-corrected chi connectivity index (χ2v) is 8.93. The highest BCUT2D eigenvalue weighted by atomic mass is 32.2. The van der Waals surface area contributed by atoms with E-state index >= 15 is 0 Å². The van der Waals surface area contributed by atoms with Gasteiger partial charge in [-0.25, -0.2) is 17.2 Å². The zero-order chi connectivity index (χ0) is 18.7. The maximum Gasteiger partial charge on any atom is 0.270 e. The molecule has 1 aromatic rings. The summed E-state index contributed by atoms with van der Waals surface area (Å²) in [7, 11) is -3.68. The van der Waals surface area contributed by atoms with E-state index in [1.54, 1.807) is 0 Å². The number of carbonyl (C=O) groups excluding carboxylic acids is 1. The Kier molecular flexibility index (Phi) is 3.62. The average Bonchev–Trinajstić information content (AvgIpc) is 2.38. The zero-order valence-corrected chi connectivity index (χ0v) is 14.5. The van der Waals surface area contributed by atoms with E-state index in [1.807, 2.05) is 0 Å². The van der Waals surface area contributed by atoms with Crippen molar-refractivity contribution < 1.29 is 22.0 Å². The molecule has 3 fully saturated rings. The van der Waals surface area contributed by atoms with Crippen LogP contribution in [0.2, 0.25) is 0 Å². The van der Waals surface area contributed by atoms with Gasteiger partial charge >= 0.3 is 0 Å². The van der Waals surface area contributed by atoms with Crippen molar-refractivity contribution in [2.24, 2.45) is 5.41 Å². The lowest BCUT2D eigenvalue weighted by Crippen LogP contribution is -2.74. The van der Waals surface area contributed by atoms with E-state index in [1.165, 1.54) is 0 Å². The van der Waals surface area contributed by atoms with Crippen molar-refractivity contribution in [2.75, 3.05) is 11.0 Å². The Morgan fingerprint density at radius 3 is 2.40 bits per heavy atom. The smallest absolute Gasteiger partial charge is 0.270 e. The van der Waals surface area contributed by atoms with Crippen LogP contribution in [-0.2, 0) is 15.9 Å². The summed E-state index contributed by atoms with van der Waals surface area (Å²) in [4.78, 5) is 12.6. The zero-order valence-electron chi connectivity index (χ0n) is 13.7. The van der Waals surface area contributed by atoms with Crippen LogP contribution in [0.5, 0.6) is 0 Å². The van der Waals surface area contributed by atoms with Gasteiger partial charge in [-0.3, -0.25) is 9.52 Å². The molecule has 0 spiro atoms. The predicted octanol–water partition coefficient (Wildman–Crippen LogP) is 2.35. The van der Waals surface area contributed by atoms with Crippen molar-refractivity contribution in [2.45, 2.75) is 37.6 Å². The lowest BCUT2D eigenvalue weighted by Gasteiger charge is -2.66. The van der Waals surface area contributed by atoms with Gasteiger partial charge < -0.3 is 5.32 Å². The van der Waals surface area contributed by atoms with Crippen LogP contribution in [0.4, 0.5) is 14.5 Å². The van der Waals surface area contributed by atoms with E-state index in [4.69, 9.17) is 5.26 Å². The van der Waals surface area contributed by atoms with Gasteiger partial charge in [0, 0.05) is 18.0 Å². The highest BCUT2D eigenvalue weighted by molar-refractivity contribution is 7.92. The minimum absolute atomic E-state index is 0.0606. The lowest BCUT2D eigenvalue weighted by molar-refractivity contribution is -0.102. The molecular weight excluding hydrogens is 352 g/mol. The van der Waals surface area contributed by atoms with Gasteiger partial charge in [-0.1, -0.05) is 6.07 Å². The number of amides is 1. The second kappa shape index (κ2) is 5.14. The van der Waals surface area contributed by atoms with Crippen LogP contribution in [0.1, 0.15) is 42.1 Å². The molecule has 0 saturated heterocycles. The number of halogens is 2. The topological polar surface area (TPSA) is 99.1 Å². The van der Waals surface area contributed by atoms with Gasteiger partial charge in [0.05, 0.1) is 29.0 Å². The first-order valence-corrected chi connectivity index (χ1v) is 9.50. The number of sulfonamides is 1. The van der Waals surface area contributed by atoms with Gasteiger partial charge in [-0.15, -0.1) is 0 Å². The lowest BCUT2D eigenvalue weighted by atomic mass is 9.40. The van der Waals surface area contributed by atoms with Gasteiger partial charge in [0.25, 0.3) is 11.8 Å². The summed E-state index contributed by atoms with van der Waals surface area (Å²) in [5.74, 6) is -3.80. The molecule has 3 aliphatic carbocycles. The van der Waals surface area contributed by atoms with Crippen LogP contribution >= 0.6 is 0 Å². The molecule has 0 atom stereocenters. The molecule has 9 heteroatoms. The number of anilines is 1. The number of alkyl halides is 2. The quantitative estimate of drug-likeness (QED) is 0.832. The van der Waals surface area contributed by atoms with E-state index < -0.39 is 27.4 Å². The number of nitriles is 1. The first kappa shape index (κ1) is 17.6. The highest BCUT2D eigenvalue weighted by Gasteiger charge is 2.69. The first-order chi connectivity index (χ1) is 11.4. The molecule has 25 heavy (non-hydrogen) atoms. The van der Waals surface area contributed by atoms with Crippen molar-refractivity contribution in [3.8, 4) is 6.07 Å². The summed E-state index contributed by atoms with van der Waals surface area (Å²) >= 11 is 0. The Hall–Kier alpha value is -2.21. The van der Waals surface area contributed by atoms with Gasteiger partial charge in [0.1, 0.15) is 0 Å². The molecule has 1 aromatic carbocycles. The Morgan fingerprint density at radius 2 is 1.92 bits per heavy atom. The van der Waals surface area contributed by atoms with Crippen LogP contribution in [0.3, 0.4) is 0 Å². The molecule has 6 nitrogen and oxygen atoms in total. The van der Waals surface area contributed by atoms with E-state index in [0.29, 0.717) is 26.2 Å². The first-order valence-electron chi connectivity index (χ1n) is 7.61. The fourth-order valence-corrected chi connectivity index (χ4v) is 4.22. The largest absolute Gasteiger partial charge is 0.346 e. The monoisotopic (exact) mass is 369 g/mol. The van der Waals surface area contributed by atoms with Crippen LogP contribution < -0.4 is 10.0 Å². The number of nitrogens with zero attached hydrogens (tertiary/aromatic N) is 1. The summed E-state index contributed by atoms with van der Waals surface area (Å²) in [6.45, 7) is 0.700. The molecule has 3 saturated carbocycles. The number of hydrogen-bond donors (Lipinski definition) is 2. The molecule has 2 N–H and O–H groups in total. The third kappa shape index (κ3) is 3.18. The molecule has 3 aliphatic rings. The summed E-state index contributed by atoms with van der Waals surface area (Å²) in [6.07, 6.45) is 2.50. The number of carbonyl (C=O) groups is 1. The third-order valence-corrected chi connectivity index (χ3v) is 5.30. The maximum absolute atomic E-state index is 13.6. The SMILES string of the molecule is CC(F)(F)c1ccc(NS(C)(=O)=O)c(C(=O)NC23CC(C#N)(C2)C3)c1. The summed E-state index contributed by atoms with van der Waals surface area (Å²) in [6, 6.07) is 5.44. The maximum atomic E-state index is 13.6. The van der Waals surface area contributed by atoms with Crippen LogP contribution in [0.15, 0.2) is 18.2 Å². The fourth-order valence-electron chi connectivity index (χ4n) is 3.64. The summed E-state index contributed by atoms with van der Waals surface area (Å²) in [5.41, 5.74) is -1.48. The van der Waals surface area contributed by atoms with Gasteiger partial charge in [0.2, 0.25) is 10.0 Å². The van der Waals surface area contributed by atoms with Crippen LogP contribution in [-0.4, -0.2) is 26.1 Å². The Bertz CT molecular complexity index is 880. The van der Waals surface area contributed by atoms with Crippen molar-refractivity contribution in [1.82, 2.24) is 5.32 Å². The minimum atomic E-state index is -3.68. The van der Waals surface area contributed by atoms with Gasteiger partial charge in [-0.2, -0.15) is 5.26 Å².